The quantitative estimate of drug-likeness (QED) is 0.798. The highest BCUT2D eigenvalue weighted by atomic mass is 16.4. The molecule has 0 aliphatic carbocycles. The van der Waals surface area contributed by atoms with Crippen LogP contribution >= 0.6 is 0 Å². The second kappa shape index (κ2) is 5.43. The molecule has 7 nitrogen and oxygen atoms in total. The first-order valence-corrected chi connectivity index (χ1v) is 5.88. The van der Waals surface area contributed by atoms with Crippen molar-refractivity contribution in [3.63, 3.8) is 0 Å². The lowest BCUT2D eigenvalue weighted by molar-refractivity contribution is 0.0698. The third-order valence-electron chi connectivity index (χ3n) is 2.70. The first-order valence-electron chi connectivity index (χ1n) is 5.88. The molecule has 104 valence electrons. The summed E-state index contributed by atoms with van der Waals surface area (Å²) in [5, 5.41) is 18.2. The van der Waals surface area contributed by atoms with Crippen molar-refractivity contribution in [1.82, 2.24) is 9.78 Å². The summed E-state index contributed by atoms with van der Waals surface area (Å²) in [7, 11) is 1.73. The number of nitrogens with zero attached hydrogens (tertiary/aromatic N) is 2. The number of hydrogen-bond donors (Lipinski definition) is 3. The van der Waals surface area contributed by atoms with Gasteiger partial charge in [-0.2, -0.15) is 5.10 Å². The maximum Gasteiger partial charge on any atom is 0.337 e. The highest BCUT2D eigenvalue weighted by Crippen LogP contribution is 2.20. The molecule has 2 aromatic rings. The van der Waals surface area contributed by atoms with Crippen LogP contribution in [0.25, 0.3) is 0 Å². The molecule has 0 radical (unpaired) electrons. The van der Waals surface area contributed by atoms with Crippen LogP contribution in [0.15, 0.2) is 30.5 Å². The number of amides is 2. The third kappa shape index (κ3) is 2.94. The number of nitrogens with one attached hydrogen (secondary N) is 2. The Morgan fingerprint density at radius 1 is 1.25 bits per heavy atom. The van der Waals surface area contributed by atoms with E-state index in [9.17, 15) is 9.59 Å². The van der Waals surface area contributed by atoms with Crippen LogP contribution in [0.4, 0.5) is 16.3 Å². The molecule has 3 N–H and O–H groups in total. The van der Waals surface area contributed by atoms with E-state index in [0.717, 1.165) is 0 Å². The van der Waals surface area contributed by atoms with Crippen LogP contribution in [0, 0.1) is 6.92 Å². The number of aryl methyl sites for hydroxylation is 2. The Bertz CT molecular complexity index is 663. The number of hydrogen-bond acceptors (Lipinski definition) is 3. The molecule has 0 unspecified atom stereocenters. The van der Waals surface area contributed by atoms with E-state index in [-0.39, 0.29) is 11.3 Å². The minimum absolute atomic E-state index is 0.0428. The van der Waals surface area contributed by atoms with Crippen LogP contribution in [0.1, 0.15) is 15.9 Å². The number of carbonyl (C=O) groups excluding carboxylic acids is 1. The van der Waals surface area contributed by atoms with E-state index >= 15 is 0 Å². The molecule has 0 saturated carbocycles. The molecule has 1 heterocycles. The molecule has 20 heavy (non-hydrogen) atoms. The highest BCUT2D eigenvalue weighted by molar-refractivity contribution is 6.05. The summed E-state index contributed by atoms with van der Waals surface area (Å²) >= 11 is 0. The molecule has 0 aliphatic rings. The zero-order valence-corrected chi connectivity index (χ0v) is 11.0. The second-order valence-electron chi connectivity index (χ2n) is 4.26. The molecule has 2 rings (SSSR count). The Hall–Kier alpha value is -2.83. The number of anilines is 2. The molecule has 0 spiro atoms. The summed E-state index contributed by atoms with van der Waals surface area (Å²) in [6.45, 7) is 1.73. The van der Waals surface area contributed by atoms with E-state index in [1.54, 1.807) is 43.0 Å². The number of para-hydroxylation sites is 1. The summed E-state index contributed by atoms with van der Waals surface area (Å²) in [6.07, 6.45) is 1.69. The smallest absolute Gasteiger partial charge is 0.337 e. The summed E-state index contributed by atoms with van der Waals surface area (Å²) < 4.78 is 1.55. The Balaban J connectivity index is 2.17. The predicted molar refractivity (Wildman–Crippen MR) is 74.0 cm³/mol. The van der Waals surface area contributed by atoms with Crippen molar-refractivity contribution < 1.29 is 14.7 Å². The van der Waals surface area contributed by atoms with Crippen molar-refractivity contribution in [2.24, 2.45) is 7.05 Å². The minimum Gasteiger partial charge on any atom is -0.478 e. The maximum atomic E-state index is 11.9. The number of carboxylic acid groups (broad SMARTS) is 1. The van der Waals surface area contributed by atoms with E-state index in [1.807, 2.05) is 0 Å². The lowest BCUT2D eigenvalue weighted by atomic mass is 10.1. The van der Waals surface area contributed by atoms with Gasteiger partial charge in [0, 0.05) is 19.3 Å². The SMILES string of the molecule is Cc1cccc(C(=O)O)c1NC(=O)Nc1ccn(C)n1. The molecule has 1 aromatic heterocycles. The van der Waals surface area contributed by atoms with E-state index in [4.69, 9.17) is 5.11 Å². The van der Waals surface area contributed by atoms with Gasteiger partial charge in [0.2, 0.25) is 0 Å². The topological polar surface area (TPSA) is 96.3 Å². The van der Waals surface area contributed by atoms with E-state index in [2.05, 4.69) is 15.7 Å². The summed E-state index contributed by atoms with van der Waals surface area (Å²) in [4.78, 5) is 23.0. The maximum absolute atomic E-state index is 11.9. The van der Waals surface area contributed by atoms with E-state index in [1.165, 1.54) is 6.07 Å². The third-order valence-corrected chi connectivity index (χ3v) is 2.70. The first kappa shape index (κ1) is 13.6. The van der Waals surface area contributed by atoms with E-state index in [0.29, 0.717) is 11.4 Å². The molecule has 0 fully saturated rings. The number of aromatic carboxylic acids is 1. The van der Waals surface area contributed by atoms with Gasteiger partial charge in [-0.1, -0.05) is 12.1 Å². The van der Waals surface area contributed by atoms with Gasteiger partial charge in [0.15, 0.2) is 5.82 Å². The average Bonchev–Trinajstić information content (AvgIpc) is 2.77. The average molecular weight is 274 g/mol. The number of urea groups is 1. The van der Waals surface area contributed by atoms with Crippen LogP contribution < -0.4 is 10.6 Å². The van der Waals surface area contributed by atoms with Crippen molar-refractivity contribution in [2.45, 2.75) is 6.92 Å². The Kier molecular flexibility index (Phi) is 3.69. The van der Waals surface area contributed by atoms with Crippen LogP contribution in [-0.4, -0.2) is 26.9 Å². The van der Waals surface area contributed by atoms with Gasteiger partial charge < -0.3 is 10.4 Å². The van der Waals surface area contributed by atoms with Gasteiger partial charge in [-0.15, -0.1) is 0 Å². The fraction of sp³-hybridized carbons (Fsp3) is 0.154. The zero-order chi connectivity index (χ0) is 14.7. The molecule has 7 heteroatoms. The number of aromatic nitrogens is 2. The highest BCUT2D eigenvalue weighted by Gasteiger charge is 2.14. The Labute approximate surface area is 115 Å². The van der Waals surface area contributed by atoms with Gasteiger partial charge >= 0.3 is 12.0 Å². The van der Waals surface area contributed by atoms with Gasteiger partial charge in [0.1, 0.15) is 0 Å². The van der Waals surface area contributed by atoms with Crippen LogP contribution in [0.3, 0.4) is 0 Å². The molecular formula is C13H14N4O3. The normalized spacial score (nSPS) is 10.1. The zero-order valence-electron chi connectivity index (χ0n) is 11.0. The van der Waals surface area contributed by atoms with Gasteiger partial charge in [-0.25, -0.2) is 9.59 Å². The van der Waals surface area contributed by atoms with Gasteiger partial charge in [0.05, 0.1) is 11.3 Å². The molecule has 0 aliphatic heterocycles. The number of carboxylic acids is 1. The number of carbonyl (C=O) groups is 2. The largest absolute Gasteiger partial charge is 0.478 e. The summed E-state index contributed by atoms with van der Waals surface area (Å²) in [6, 6.07) is 5.88. The van der Waals surface area contributed by atoms with Gasteiger partial charge in [0.25, 0.3) is 0 Å². The minimum atomic E-state index is -1.10. The first-order chi connectivity index (χ1) is 9.47. The number of benzene rings is 1. The Morgan fingerprint density at radius 2 is 2.00 bits per heavy atom. The molecule has 1 aromatic carbocycles. The lowest BCUT2D eigenvalue weighted by Crippen LogP contribution is -2.22. The Morgan fingerprint density at radius 3 is 2.60 bits per heavy atom. The van der Waals surface area contributed by atoms with E-state index < -0.39 is 12.0 Å². The van der Waals surface area contributed by atoms with Crippen molar-refractivity contribution in [3.8, 4) is 0 Å². The van der Waals surface area contributed by atoms with Crippen molar-refractivity contribution in [1.29, 1.82) is 0 Å². The van der Waals surface area contributed by atoms with Gasteiger partial charge in [-0.05, 0) is 18.6 Å². The van der Waals surface area contributed by atoms with Crippen molar-refractivity contribution in [3.05, 3.63) is 41.6 Å². The van der Waals surface area contributed by atoms with Crippen LogP contribution in [0.5, 0.6) is 0 Å². The van der Waals surface area contributed by atoms with Crippen LogP contribution in [-0.2, 0) is 7.05 Å². The molecular weight excluding hydrogens is 260 g/mol. The van der Waals surface area contributed by atoms with Crippen molar-refractivity contribution >= 4 is 23.5 Å². The van der Waals surface area contributed by atoms with Crippen molar-refractivity contribution in [2.75, 3.05) is 10.6 Å². The standard InChI is InChI=1S/C13H14N4O3/c1-8-4-3-5-9(12(18)19)11(8)15-13(20)14-10-6-7-17(2)16-10/h3-7H,1-2H3,(H,18,19)(H2,14,15,16,20). The molecule has 0 saturated heterocycles. The fourth-order valence-electron chi connectivity index (χ4n) is 1.75. The summed E-state index contributed by atoms with van der Waals surface area (Å²) in [5.41, 5.74) is 0.982. The van der Waals surface area contributed by atoms with Gasteiger partial charge in [-0.3, -0.25) is 10.00 Å². The number of rotatable bonds is 3. The molecule has 0 atom stereocenters. The molecule has 2 amide bonds. The molecule has 0 bridgehead atoms. The second-order valence-corrected chi connectivity index (χ2v) is 4.26. The summed E-state index contributed by atoms with van der Waals surface area (Å²) in [5.74, 6) is -0.711. The lowest BCUT2D eigenvalue weighted by Gasteiger charge is -2.11. The fourth-order valence-corrected chi connectivity index (χ4v) is 1.75. The van der Waals surface area contributed by atoms with Crippen LogP contribution in [0.2, 0.25) is 0 Å². The predicted octanol–water partition coefficient (Wildman–Crippen LogP) is 2.07. The monoisotopic (exact) mass is 274 g/mol.